The average Bonchev–Trinajstić information content (AvgIpc) is 2.32. The van der Waals surface area contributed by atoms with Crippen LogP contribution in [0.1, 0.15) is 38.7 Å². The van der Waals surface area contributed by atoms with Crippen LogP contribution in [0.2, 0.25) is 0 Å². The summed E-state index contributed by atoms with van der Waals surface area (Å²) in [5.74, 6) is -0.137. The van der Waals surface area contributed by atoms with Gasteiger partial charge in [-0.25, -0.2) is 8.78 Å². The van der Waals surface area contributed by atoms with E-state index in [-0.39, 0.29) is 5.92 Å². The summed E-state index contributed by atoms with van der Waals surface area (Å²) in [4.78, 5) is 0. The summed E-state index contributed by atoms with van der Waals surface area (Å²) in [7, 11) is 0. The highest BCUT2D eigenvalue weighted by Gasteiger charge is 2.29. The van der Waals surface area contributed by atoms with Crippen molar-refractivity contribution < 1.29 is 13.9 Å². The quantitative estimate of drug-likeness (QED) is 0.880. The maximum Gasteiger partial charge on any atom is 0.159 e. The Hall–Kier alpha value is -0.960. The summed E-state index contributed by atoms with van der Waals surface area (Å²) in [6.07, 6.45) is 3.20. The number of rotatable bonds is 3. The third-order valence-electron chi connectivity index (χ3n) is 4.19. The average molecular weight is 268 g/mol. The van der Waals surface area contributed by atoms with Crippen molar-refractivity contribution in [2.45, 2.75) is 45.6 Å². The van der Waals surface area contributed by atoms with Crippen LogP contribution in [-0.4, -0.2) is 11.2 Å². The molecule has 0 bridgehead atoms. The van der Waals surface area contributed by atoms with Crippen LogP contribution in [0.15, 0.2) is 18.2 Å². The van der Waals surface area contributed by atoms with Gasteiger partial charge in [-0.05, 0) is 61.1 Å². The molecule has 106 valence electrons. The zero-order valence-corrected chi connectivity index (χ0v) is 11.6. The SMILES string of the molecule is CC1CC(C)CC(C(O)Cc2ccc(F)c(F)c2)C1. The lowest BCUT2D eigenvalue weighted by atomic mass is 9.73. The molecular formula is C16H22F2O. The molecule has 0 saturated heterocycles. The monoisotopic (exact) mass is 268 g/mol. The van der Waals surface area contributed by atoms with Crippen molar-refractivity contribution in [1.82, 2.24) is 0 Å². The van der Waals surface area contributed by atoms with Gasteiger partial charge < -0.3 is 5.11 Å². The van der Waals surface area contributed by atoms with Crippen molar-refractivity contribution in [3.05, 3.63) is 35.4 Å². The molecule has 0 aromatic heterocycles. The minimum Gasteiger partial charge on any atom is -0.392 e. The minimum atomic E-state index is -0.838. The van der Waals surface area contributed by atoms with Crippen LogP contribution in [0.4, 0.5) is 8.78 Å². The molecule has 0 radical (unpaired) electrons. The predicted octanol–water partition coefficient (Wildman–Crippen LogP) is 3.94. The van der Waals surface area contributed by atoms with E-state index in [9.17, 15) is 13.9 Å². The van der Waals surface area contributed by atoms with Gasteiger partial charge in [0.15, 0.2) is 11.6 Å². The first-order valence-electron chi connectivity index (χ1n) is 7.07. The van der Waals surface area contributed by atoms with Crippen LogP contribution in [0.5, 0.6) is 0 Å². The molecular weight excluding hydrogens is 246 g/mol. The van der Waals surface area contributed by atoms with E-state index in [1.54, 1.807) is 6.07 Å². The Morgan fingerprint density at radius 2 is 1.74 bits per heavy atom. The predicted molar refractivity (Wildman–Crippen MR) is 71.7 cm³/mol. The van der Waals surface area contributed by atoms with E-state index in [0.29, 0.717) is 23.8 Å². The molecule has 3 heteroatoms. The molecule has 1 aromatic carbocycles. The molecule has 19 heavy (non-hydrogen) atoms. The van der Waals surface area contributed by atoms with Crippen molar-refractivity contribution in [3.8, 4) is 0 Å². The van der Waals surface area contributed by atoms with Gasteiger partial charge in [0.25, 0.3) is 0 Å². The van der Waals surface area contributed by atoms with Gasteiger partial charge in [-0.2, -0.15) is 0 Å². The second kappa shape index (κ2) is 6.00. The fourth-order valence-corrected chi connectivity index (χ4v) is 3.40. The summed E-state index contributed by atoms with van der Waals surface area (Å²) in [6, 6.07) is 3.87. The Morgan fingerprint density at radius 3 is 2.32 bits per heavy atom. The van der Waals surface area contributed by atoms with E-state index in [1.807, 2.05) is 0 Å². The van der Waals surface area contributed by atoms with Crippen LogP contribution in [0.25, 0.3) is 0 Å². The van der Waals surface area contributed by atoms with E-state index in [0.717, 1.165) is 18.9 Å². The van der Waals surface area contributed by atoms with Crippen molar-refractivity contribution >= 4 is 0 Å². The van der Waals surface area contributed by atoms with Gasteiger partial charge in [0.1, 0.15) is 0 Å². The number of hydrogen-bond acceptors (Lipinski definition) is 1. The molecule has 3 atom stereocenters. The number of hydrogen-bond donors (Lipinski definition) is 1. The Morgan fingerprint density at radius 1 is 1.11 bits per heavy atom. The molecule has 3 unspecified atom stereocenters. The Bertz CT molecular complexity index is 423. The van der Waals surface area contributed by atoms with Gasteiger partial charge >= 0.3 is 0 Å². The second-order valence-electron chi connectivity index (χ2n) is 6.20. The molecule has 1 saturated carbocycles. The Kier molecular flexibility index (Phi) is 4.56. The zero-order chi connectivity index (χ0) is 14.0. The molecule has 0 heterocycles. The summed E-state index contributed by atoms with van der Waals surface area (Å²) < 4.78 is 26.0. The summed E-state index contributed by atoms with van der Waals surface area (Å²) in [5, 5.41) is 10.3. The summed E-state index contributed by atoms with van der Waals surface area (Å²) >= 11 is 0. The number of benzene rings is 1. The highest BCUT2D eigenvalue weighted by Crippen LogP contribution is 2.35. The molecule has 0 aliphatic heterocycles. The van der Waals surface area contributed by atoms with Crippen LogP contribution in [0, 0.1) is 29.4 Å². The van der Waals surface area contributed by atoms with E-state index in [4.69, 9.17) is 0 Å². The smallest absolute Gasteiger partial charge is 0.159 e. The number of halogens is 2. The maximum absolute atomic E-state index is 13.1. The molecule has 0 spiro atoms. The standard InChI is InChI=1S/C16H22F2O/c1-10-5-11(2)7-13(6-10)16(19)9-12-3-4-14(17)15(18)8-12/h3-4,8,10-11,13,16,19H,5-7,9H2,1-2H3. The molecule has 1 aliphatic rings. The molecule has 1 fully saturated rings. The van der Waals surface area contributed by atoms with Crippen LogP contribution >= 0.6 is 0 Å². The lowest BCUT2D eigenvalue weighted by molar-refractivity contribution is 0.0560. The van der Waals surface area contributed by atoms with Gasteiger partial charge in [-0.1, -0.05) is 19.9 Å². The molecule has 0 amide bonds. The van der Waals surface area contributed by atoms with E-state index >= 15 is 0 Å². The minimum absolute atomic E-state index is 0.270. The highest BCUT2D eigenvalue weighted by molar-refractivity contribution is 5.18. The molecule has 1 N–H and O–H groups in total. The van der Waals surface area contributed by atoms with Crippen molar-refractivity contribution in [1.29, 1.82) is 0 Å². The number of aliphatic hydroxyl groups is 1. The van der Waals surface area contributed by atoms with Crippen molar-refractivity contribution in [2.24, 2.45) is 17.8 Å². The fourth-order valence-electron chi connectivity index (χ4n) is 3.40. The topological polar surface area (TPSA) is 20.2 Å². The third-order valence-corrected chi connectivity index (χ3v) is 4.19. The van der Waals surface area contributed by atoms with E-state index in [1.165, 1.54) is 12.5 Å². The largest absolute Gasteiger partial charge is 0.392 e. The fraction of sp³-hybridized carbons (Fsp3) is 0.625. The van der Waals surface area contributed by atoms with E-state index < -0.39 is 17.7 Å². The molecule has 1 nitrogen and oxygen atoms in total. The highest BCUT2D eigenvalue weighted by atomic mass is 19.2. The van der Waals surface area contributed by atoms with Gasteiger partial charge in [0.05, 0.1) is 6.10 Å². The second-order valence-corrected chi connectivity index (χ2v) is 6.20. The van der Waals surface area contributed by atoms with Crippen molar-refractivity contribution in [2.75, 3.05) is 0 Å². The maximum atomic E-state index is 13.1. The van der Waals surface area contributed by atoms with Crippen molar-refractivity contribution in [3.63, 3.8) is 0 Å². The molecule has 1 aliphatic carbocycles. The van der Waals surface area contributed by atoms with Gasteiger partial charge in [0.2, 0.25) is 0 Å². The lowest BCUT2D eigenvalue weighted by Gasteiger charge is -2.34. The van der Waals surface area contributed by atoms with Gasteiger partial charge in [-0.15, -0.1) is 0 Å². The van der Waals surface area contributed by atoms with Gasteiger partial charge in [-0.3, -0.25) is 0 Å². The summed E-state index contributed by atoms with van der Waals surface area (Å²) in [6.45, 7) is 4.43. The van der Waals surface area contributed by atoms with Gasteiger partial charge in [0, 0.05) is 0 Å². The number of aliphatic hydroxyl groups excluding tert-OH is 1. The van der Waals surface area contributed by atoms with Crippen LogP contribution in [0.3, 0.4) is 0 Å². The van der Waals surface area contributed by atoms with E-state index in [2.05, 4.69) is 13.8 Å². The van der Waals surface area contributed by atoms with Crippen LogP contribution in [-0.2, 0) is 6.42 Å². The molecule has 2 rings (SSSR count). The first-order valence-corrected chi connectivity index (χ1v) is 7.07. The lowest BCUT2D eigenvalue weighted by Crippen LogP contribution is -2.30. The third kappa shape index (κ3) is 3.75. The first kappa shape index (κ1) is 14.4. The first-order chi connectivity index (χ1) is 8.95. The normalized spacial score (nSPS) is 29.2. The Balaban J connectivity index is 1.99. The molecule has 1 aromatic rings. The Labute approximate surface area is 113 Å². The summed E-state index contributed by atoms with van der Waals surface area (Å²) in [5.41, 5.74) is 0.664. The zero-order valence-electron chi connectivity index (χ0n) is 11.6. The van der Waals surface area contributed by atoms with Crippen LogP contribution < -0.4 is 0 Å².